The highest BCUT2D eigenvalue weighted by Crippen LogP contribution is 2.14. The van der Waals surface area contributed by atoms with Crippen LogP contribution in [-0.2, 0) is 9.63 Å². The first-order valence-corrected chi connectivity index (χ1v) is 4.56. The van der Waals surface area contributed by atoms with E-state index in [0.29, 0.717) is 0 Å². The van der Waals surface area contributed by atoms with Gasteiger partial charge in [0.05, 0.1) is 5.41 Å². The molecule has 0 aromatic carbocycles. The summed E-state index contributed by atoms with van der Waals surface area (Å²) in [4.78, 5) is 27.2. The fourth-order valence-electron chi connectivity index (χ4n) is 0.766. The van der Waals surface area contributed by atoms with E-state index in [-0.39, 0.29) is 0 Å². The molecule has 0 aliphatic rings. The number of nitrogens with zero attached hydrogens (tertiary/aromatic N) is 1. The van der Waals surface area contributed by atoms with E-state index in [1.54, 1.807) is 45.3 Å². The molecule has 0 fully saturated rings. The number of carbonyl (C=O) groups excluding carboxylic acids is 2. The lowest BCUT2D eigenvalue weighted by atomic mass is 9.98. The van der Waals surface area contributed by atoms with Gasteiger partial charge in [-0.15, -0.1) is 0 Å². The van der Waals surface area contributed by atoms with Crippen molar-refractivity contribution < 1.29 is 14.4 Å². The maximum atomic E-state index is 11.3. The van der Waals surface area contributed by atoms with Gasteiger partial charge in [0.25, 0.3) is 0 Å². The molecule has 0 atom stereocenters. The molecule has 0 aliphatic carbocycles. The van der Waals surface area contributed by atoms with E-state index in [1.807, 2.05) is 0 Å². The quantitative estimate of drug-likeness (QED) is 0.661. The van der Waals surface area contributed by atoms with Crippen molar-refractivity contribution in [1.29, 1.82) is 0 Å². The third kappa shape index (κ3) is 3.12. The lowest BCUT2D eigenvalue weighted by Gasteiger charge is -2.15. The zero-order valence-electron chi connectivity index (χ0n) is 8.98. The first kappa shape index (κ1) is 11.3. The predicted octanol–water partition coefficient (Wildman–Crippen LogP) is 1.55. The molecule has 0 bridgehead atoms. The molecule has 1 aromatic rings. The Hall–Kier alpha value is -1.78. The summed E-state index contributed by atoms with van der Waals surface area (Å²) in [6.45, 7) is 5.12. The van der Waals surface area contributed by atoms with E-state index in [4.69, 9.17) is 0 Å². The number of hydrogen-bond donors (Lipinski definition) is 1. The highest BCUT2D eigenvalue weighted by atomic mass is 16.7. The first-order valence-electron chi connectivity index (χ1n) is 4.56. The van der Waals surface area contributed by atoms with Crippen LogP contribution in [0.1, 0.15) is 20.8 Å². The zero-order valence-corrected chi connectivity index (χ0v) is 8.98. The lowest BCUT2D eigenvalue weighted by Crippen LogP contribution is -2.35. The van der Waals surface area contributed by atoms with Crippen LogP contribution < -0.4 is 5.48 Å². The molecule has 82 valence electrons. The topological polar surface area (TPSA) is 60.3 Å². The van der Waals surface area contributed by atoms with Crippen LogP contribution in [0.25, 0.3) is 0 Å². The van der Waals surface area contributed by atoms with Crippen LogP contribution in [0.2, 0.25) is 0 Å². The number of aromatic nitrogens is 1. The van der Waals surface area contributed by atoms with Crippen LogP contribution in [0.15, 0.2) is 24.5 Å². The monoisotopic (exact) mass is 210 g/mol. The fraction of sp³-hybridized carbons (Fsp3) is 0.400. The normalized spacial score (nSPS) is 10.9. The Morgan fingerprint density at radius 2 is 1.73 bits per heavy atom. The van der Waals surface area contributed by atoms with Crippen molar-refractivity contribution in [2.24, 2.45) is 5.41 Å². The highest BCUT2D eigenvalue weighted by molar-refractivity contribution is 5.80. The van der Waals surface area contributed by atoms with E-state index in [2.05, 4.69) is 10.3 Å². The van der Waals surface area contributed by atoms with Gasteiger partial charge in [-0.1, -0.05) is 0 Å². The van der Waals surface area contributed by atoms with Crippen LogP contribution >= 0.6 is 0 Å². The maximum absolute atomic E-state index is 11.3. The molecule has 1 N–H and O–H groups in total. The smallest absolute Gasteiger partial charge is 0.339 e. The number of nitrogens with one attached hydrogen (secondary N) is 1. The Bertz CT molecular complexity index is 349. The Morgan fingerprint density at radius 3 is 2.20 bits per heavy atom. The van der Waals surface area contributed by atoms with Crippen LogP contribution in [0.5, 0.6) is 0 Å². The van der Waals surface area contributed by atoms with E-state index < -0.39 is 17.4 Å². The number of hydrogen-bond acceptors (Lipinski definition) is 3. The number of amides is 1. The summed E-state index contributed by atoms with van der Waals surface area (Å²) >= 11 is 0. The van der Waals surface area contributed by atoms with Gasteiger partial charge in [0, 0.05) is 12.4 Å². The van der Waals surface area contributed by atoms with Gasteiger partial charge < -0.3 is 4.84 Å². The molecule has 5 nitrogen and oxygen atoms in total. The molecular weight excluding hydrogens is 196 g/mol. The van der Waals surface area contributed by atoms with Crippen LogP contribution in [0.3, 0.4) is 0 Å². The molecule has 15 heavy (non-hydrogen) atoms. The van der Waals surface area contributed by atoms with Crippen LogP contribution in [0.4, 0.5) is 4.79 Å². The number of hydroxylamine groups is 1. The summed E-state index contributed by atoms with van der Waals surface area (Å²) in [5.74, 6) is -0.483. The molecule has 0 spiro atoms. The molecule has 0 saturated carbocycles. The van der Waals surface area contributed by atoms with Crippen LogP contribution in [-0.4, -0.2) is 16.6 Å². The highest BCUT2D eigenvalue weighted by Gasteiger charge is 2.24. The van der Waals surface area contributed by atoms with Crippen molar-refractivity contribution in [3.8, 4) is 0 Å². The molecular formula is C10H14N2O3. The van der Waals surface area contributed by atoms with Gasteiger partial charge in [-0.05, 0) is 32.9 Å². The van der Waals surface area contributed by atoms with Gasteiger partial charge in [0.2, 0.25) is 0 Å². The van der Waals surface area contributed by atoms with Crippen molar-refractivity contribution in [3.63, 3.8) is 0 Å². The summed E-state index contributed by atoms with van der Waals surface area (Å²) in [6, 6.07) is 2.90. The van der Waals surface area contributed by atoms with Gasteiger partial charge >= 0.3 is 12.0 Å². The minimum absolute atomic E-state index is 0.483. The van der Waals surface area contributed by atoms with E-state index >= 15 is 0 Å². The SMILES string of the molecule is CC(C)(C)C(=O)ONC(=O)n1cccc1. The Kier molecular flexibility index (Phi) is 3.14. The second kappa shape index (κ2) is 4.16. The molecule has 1 heterocycles. The van der Waals surface area contributed by atoms with Gasteiger partial charge in [-0.3, -0.25) is 4.57 Å². The lowest BCUT2D eigenvalue weighted by molar-refractivity contribution is -0.158. The molecule has 0 aliphatic heterocycles. The zero-order chi connectivity index (χ0) is 11.5. The molecule has 5 heteroatoms. The number of carbonyl (C=O) groups is 2. The summed E-state index contributed by atoms with van der Waals surface area (Å²) in [5, 5.41) is 0. The predicted molar refractivity (Wildman–Crippen MR) is 53.9 cm³/mol. The standard InChI is InChI=1S/C10H14N2O3/c1-10(2,3)8(13)15-11-9(14)12-6-4-5-7-12/h4-7H,1-3H3,(H,11,14). The van der Waals surface area contributed by atoms with Crippen molar-refractivity contribution >= 4 is 12.0 Å². The molecule has 0 radical (unpaired) electrons. The first-order chi connectivity index (χ1) is 6.91. The molecule has 1 aromatic heterocycles. The second-order valence-electron chi connectivity index (χ2n) is 4.14. The number of rotatable bonds is 0. The van der Waals surface area contributed by atoms with Gasteiger partial charge in [-0.2, -0.15) is 5.48 Å². The Labute approximate surface area is 88.0 Å². The third-order valence-corrected chi connectivity index (χ3v) is 1.68. The minimum atomic E-state index is -0.635. The van der Waals surface area contributed by atoms with Gasteiger partial charge in [0.15, 0.2) is 0 Å². The van der Waals surface area contributed by atoms with Crippen molar-refractivity contribution in [3.05, 3.63) is 24.5 Å². The Balaban J connectivity index is 2.45. The second-order valence-corrected chi connectivity index (χ2v) is 4.14. The van der Waals surface area contributed by atoms with Gasteiger partial charge in [0.1, 0.15) is 0 Å². The summed E-state index contributed by atoms with van der Waals surface area (Å²) in [7, 11) is 0. The van der Waals surface area contributed by atoms with E-state index in [9.17, 15) is 9.59 Å². The van der Waals surface area contributed by atoms with E-state index in [0.717, 1.165) is 0 Å². The summed E-state index contributed by atoms with van der Waals surface area (Å²) in [6.07, 6.45) is 3.11. The third-order valence-electron chi connectivity index (χ3n) is 1.68. The van der Waals surface area contributed by atoms with E-state index in [1.165, 1.54) is 4.57 Å². The Morgan fingerprint density at radius 1 is 1.20 bits per heavy atom. The van der Waals surface area contributed by atoms with Gasteiger partial charge in [-0.25, -0.2) is 9.59 Å². The molecule has 1 rings (SSSR count). The van der Waals surface area contributed by atoms with Crippen molar-refractivity contribution in [1.82, 2.24) is 10.0 Å². The minimum Gasteiger partial charge on any atom is -0.339 e. The molecule has 0 saturated heterocycles. The maximum Gasteiger partial charge on any atom is 0.358 e. The average molecular weight is 210 g/mol. The van der Waals surface area contributed by atoms with Crippen molar-refractivity contribution in [2.45, 2.75) is 20.8 Å². The van der Waals surface area contributed by atoms with Crippen molar-refractivity contribution in [2.75, 3.05) is 0 Å². The van der Waals surface area contributed by atoms with Crippen LogP contribution in [0, 0.1) is 5.41 Å². The average Bonchev–Trinajstić information content (AvgIpc) is 2.64. The fourth-order valence-corrected chi connectivity index (χ4v) is 0.766. The molecule has 1 amide bonds. The summed E-state index contributed by atoms with van der Waals surface area (Å²) < 4.78 is 1.27. The molecule has 0 unspecified atom stereocenters. The summed E-state index contributed by atoms with van der Waals surface area (Å²) in [5.41, 5.74) is 1.43. The largest absolute Gasteiger partial charge is 0.358 e.